The number of likely N-dealkylation sites (tertiary alicyclic amines) is 1. The zero-order valence-corrected chi connectivity index (χ0v) is 15.6. The molecule has 1 aromatic rings. The van der Waals surface area contributed by atoms with Crippen LogP contribution in [0.4, 0.5) is 13.2 Å². The maximum atomic E-state index is 13.9. The summed E-state index contributed by atoms with van der Waals surface area (Å²) < 4.78 is 41.0. The van der Waals surface area contributed by atoms with Crippen LogP contribution in [0.15, 0.2) is 41.9 Å². The molecule has 1 aliphatic heterocycles. The lowest BCUT2D eigenvalue weighted by Crippen LogP contribution is -2.45. The maximum absolute atomic E-state index is 13.9. The van der Waals surface area contributed by atoms with Crippen molar-refractivity contribution in [1.82, 2.24) is 15.2 Å². The quantitative estimate of drug-likeness (QED) is 0.782. The number of Topliss-reactive ketones (excluding diaryl/α,β-unsaturated/α-hetero) is 1. The number of pyridine rings is 1. The Hall–Kier alpha value is -2.48. The number of allylic oxidation sites excluding steroid dienone is 3. The first-order valence-electron chi connectivity index (χ1n) is 9.19. The molecule has 2 heterocycles. The molecule has 5 nitrogen and oxygen atoms in total. The smallest absolute Gasteiger partial charge is 0.257 e. The number of ketones is 1. The van der Waals surface area contributed by atoms with Crippen molar-refractivity contribution in [2.75, 3.05) is 19.6 Å². The number of aryl methyl sites for hydroxylation is 1. The third-order valence-electron chi connectivity index (χ3n) is 5.06. The van der Waals surface area contributed by atoms with Gasteiger partial charge in [0.05, 0.1) is 6.04 Å². The zero-order valence-electron chi connectivity index (χ0n) is 15.6. The average molecular weight is 393 g/mol. The molecule has 1 N–H and O–H groups in total. The van der Waals surface area contributed by atoms with Gasteiger partial charge in [0.15, 0.2) is 5.78 Å². The van der Waals surface area contributed by atoms with Crippen molar-refractivity contribution in [2.24, 2.45) is 0 Å². The van der Waals surface area contributed by atoms with Gasteiger partial charge in [-0.2, -0.15) is 0 Å². The second kappa shape index (κ2) is 8.26. The van der Waals surface area contributed by atoms with Gasteiger partial charge < -0.3 is 5.32 Å². The average Bonchev–Trinajstić information content (AvgIpc) is 2.64. The van der Waals surface area contributed by atoms with E-state index in [-0.39, 0.29) is 38.9 Å². The highest BCUT2D eigenvalue weighted by Gasteiger charge is 2.37. The highest BCUT2D eigenvalue weighted by atomic mass is 19.3. The van der Waals surface area contributed by atoms with Crippen molar-refractivity contribution in [3.63, 3.8) is 0 Å². The molecule has 1 atom stereocenters. The fraction of sp³-hybridized carbons (Fsp3) is 0.450. The summed E-state index contributed by atoms with van der Waals surface area (Å²) in [7, 11) is 0. The predicted molar refractivity (Wildman–Crippen MR) is 97.4 cm³/mol. The summed E-state index contributed by atoms with van der Waals surface area (Å²) in [6, 6.07) is 3.24. The minimum Gasteiger partial charge on any atom is -0.350 e. The molecule has 2 aliphatic rings. The molecule has 0 radical (unpaired) electrons. The van der Waals surface area contributed by atoms with Crippen molar-refractivity contribution in [2.45, 2.75) is 38.2 Å². The summed E-state index contributed by atoms with van der Waals surface area (Å²) in [6.45, 7) is 2.22. The first-order valence-corrected chi connectivity index (χ1v) is 9.19. The number of carbonyl (C=O) groups excluding carboxylic acids is 2. The molecule has 1 aromatic heterocycles. The highest BCUT2D eigenvalue weighted by molar-refractivity contribution is 6.20. The maximum Gasteiger partial charge on any atom is 0.257 e. The Kier molecular flexibility index (Phi) is 5.98. The van der Waals surface area contributed by atoms with Gasteiger partial charge in [0.1, 0.15) is 11.4 Å². The van der Waals surface area contributed by atoms with Crippen LogP contribution in [0.1, 0.15) is 36.6 Å². The van der Waals surface area contributed by atoms with Gasteiger partial charge in [0.2, 0.25) is 0 Å². The number of hydrogen-bond acceptors (Lipinski definition) is 4. The summed E-state index contributed by atoms with van der Waals surface area (Å²) in [5.41, 5.74) is 1.08. The first kappa shape index (κ1) is 20.3. The molecule has 1 fully saturated rings. The molecular formula is C20H22F3N3O2. The van der Waals surface area contributed by atoms with Crippen LogP contribution in [0.2, 0.25) is 0 Å². The Morgan fingerprint density at radius 2 is 2.04 bits per heavy atom. The summed E-state index contributed by atoms with van der Waals surface area (Å²) in [5.74, 6) is -4.92. The van der Waals surface area contributed by atoms with E-state index in [4.69, 9.17) is 0 Å². The second-order valence-corrected chi connectivity index (χ2v) is 7.10. The number of carbonyl (C=O) groups is 2. The third-order valence-corrected chi connectivity index (χ3v) is 5.06. The number of halogens is 3. The molecule has 3 rings (SSSR count). The number of hydrogen-bond donors (Lipinski definition) is 1. The molecule has 8 heteroatoms. The molecular weight excluding hydrogens is 371 g/mol. The lowest BCUT2D eigenvalue weighted by atomic mass is 9.99. The standard InChI is InChI=1S/C20H22F3N3O2/c1-13-5-6-14(11-24-13)16(26-9-7-20(22,23)8-10-26)12-25-19(28)18-15(21)3-2-4-17(18)27/h2-3,5-6,11,16H,4,7-10,12H2,1H3,(H,25,28). The van der Waals surface area contributed by atoms with Crippen LogP contribution in [0.3, 0.4) is 0 Å². The van der Waals surface area contributed by atoms with Gasteiger partial charge >= 0.3 is 0 Å². The minimum absolute atomic E-state index is 0.0251. The molecule has 28 heavy (non-hydrogen) atoms. The van der Waals surface area contributed by atoms with Gasteiger partial charge in [-0.1, -0.05) is 12.1 Å². The van der Waals surface area contributed by atoms with E-state index in [0.29, 0.717) is 0 Å². The van der Waals surface area contributed by atoms with Crippen LogP contribution in [-0.4, -0.2) is 47.1 Å². The largest absolute Gasteiger partial charge is 0.350 e. The van der Waals surface area contributed by atoms with Crippen molar-refractivity contribution >= 4 is 11.7 Å². The Bertz CT molecular complexity index is 808. The Morgan fingerprint density at radius 3 is 2.64 bits per heavy atom. The summed E-state index contributed by atoms with van der Waals surface area (Å²) in [6.07, 6.45) is 3.56. The predicted octanol–water partition coefficient (Wildman–Crippen LogP) is 3.03. The van der Waals surface area contributed by atoms with E-state index in [2.05, 4.69) is 10.3 Å². The summed E-state index contributed by atoms with van der Waals surface area (Å²) in [5, 5.41) is 2.60. The topological polar surface area (TPSA) is 62.3 Å². The molecule has 0 spiro atoms. The van der Waals surface area contributed by atoms with Crippen LogP contribution < -0.4 is 5.32 Å². The van der Waals surface area contributed by atoms with E-state index in [1.807, 2.05) is 17.9 Å². The number of amides is 1. The van der Waals surface area contributed by atoms with Gasteiger partial charge in [-0.3, -0.25) is 19.5 Å². The van der Waals surface area contributed by atoms with Crippen LogP contribution >= 0.6 is 0 Å². The van der Waals surface area contributed by atoms with Crippen LogP contribution in [0.25, 0.3) is 0 Å². The van der Waals surface area contributed by atoms with E-state index >= 15 is 0 Å². The Balaban J connectivity index is 1.76. The Morgan fingerprint density at radius 1 is 1.32 bits per heavy atom. The van der Waals surface area contributed by atoms with Crippen LogP contribution in [0, 0.1) is 6.92 Å². The van der Waals surface area contributed by atoms with Crippen LogP contribution in [0.5, 0.6) is 0 Å². The van der Waals surface area contributed by atoms with E-state index < -0.39 is 35.1 Å². The molecule has 1 aliphatic carbocycles. The van der Waals surface area contributed by atoms with E-state index in [1.165, 1.54) is 6.08 Å². The van der Waals surface area contributed by atoms with E-state index in [1.54, 1.807) is 12.3 Å². The summed E-state index contributed by atoms with van der Waals surface area (Å²) in [4.78, 5) is 30.3. The fourth-order valence-electron chi connectivity index (χ4n) is 3.40. The van der Waals surface area contributed by atoms with Gasteiger partial charge in [-0.05, 0) is 24.6 Å². The van der Waals surface area contributed by atoms with Crippen molar-refractivity contribution in [1.29, 1.82) is 0 Å². The summed E-state index contributed by atoms with van der Waals surface area (Å²) >= 11 is 0. The van der Waals surface area contributed by atoms with Crippen molar-refractivity contribution in [3.05, 3.63) is 53.1 Å². The molecule has 1 saturated heterocycles. The van der Waals surface area contributed by atoms with Crippen molar-refractivity contribution in [3.8, 4) is 0 Å². The molecule has 1 unspecified atom stereocenters. The normalized spacial score (nSPS) is 20.9. The zero-order chi connectivity index (χ0) is 20.3. The third kappa shape index (κ3) is 4.67. The molecule has 0 aromatic carbocycles. The number of rotatable bonds is 5. The lowest BCUT2D eigenvalue weighted by molar-refractivity contribution is -0.122. The fourth-order valence-corrected chi connectivity index (χ4v) is 3.40. The van der Waals surface area contributed by atoms with E-state index in [9.17, 15) is 22.8 Å². The monoisotopic (exact) mass is 393 g/mol. The van der Waals surface area contributed by atoms with Gasteiger partial charge in [-0.25, -0.2) is 13.2 Å². The molecule has 1 amide bonds. The Labute approximate surface area is 161 Å². The van der Waals surface area contributed by atoms with Gasteiger partial charge in [-0.15, -0.1) is 0 Å². The number of alkyl halides is 2. The van der Waals surface area contributed by atoms with Gasteiger partial charge in [0, 0.05) is 50.8 Å². The SMILES string of the molecule is Cc1ccc(C(CNC(=O)C2=C(F)C=CCC2=O)N2CCC(F)(F)CC2)cn1. The van der Waals surface area contributed by atoms with E-state index in [0.717, 1.165) is 17.3 Å². The van der Waals surface area contributed by atoms with Crippen molar-refractivity contribution < 1.29 is 22.8 Å². The number of nitrogens with one attached hydrogen (secondary N) is 1. The highest BCUT2D eigenvalue weighted by Crippen LogP contribution is 2.32. The molecule has 0 bridgehead atoms. The number of nitrogens with zero attached hydrogens (tertiary/aromatic N) is 2. The molecule has 150 valence electrons. The van der Waals surface area contributed by atoms with Gasteiger partial charge in [0.25, 0.3) is 11.8 Å². The first-order chi connectivity index (χ1) is 13.3. The lowest BCUT2D eigenvalue weighted by Gasteiger charge is -2.37. The van der Waals surface area contributed by atoms with Crippen LogP contribution in [-0.2, 0) is 9.59 Å². The minimum atomic E-state index is -2.69. The molecule has 0 saturated carbocycles. The number of aromatic nitrogens is 1. The number of piperidine rings is 1. The second-order valence-electron chi connectivity index (χ2n) is 7.10.